The molecule has 0 aromatic heterocycles. The summed E-state index contributed by atoms with van der Waals surface area (Å²) in [5.74, 6) is 0.0378. The fourth-order valence-electron chi connectivity index (χ4n) is 2.46. The van der Waals surface area contributed by atoms with Crippen molar-refractivity contribution in [3.63, 3.8) is 0 Å². The van der Waals surface area contributed by atoms with Crippen molar-refractivity contribution in [3.8, 4) is 0 Å². The molecular weight excluding hydrogens is 338 g/mol. The second-order valence-electron chi connectivity index (χ2n) is 5.41. The van der Waals surface area contributed by atoms with Crippen LogP contribution in [0.1, 0.15) is 31.9 Å². The molecule has 0 heterocycles. The number of nitrogens with zero attached hydrogens (tertiary/aromatic N) is 1. The zero-order valence-corrected chi connectivity index (χ0v) is 14.7. The van der Waals surface area contributed by atoms with Gasteiger partial charge in [0.1, 0.15) is 0 Å². The zero-order valence-electron chi connectivity index (χ0n) is 13.1. The summed E-state index contributed by atoms with van der Waals surface area (Å²) in [6.07, 6.45) is 0. The molecule has 0 spiro atoms. The third-order valence-corrected chi connectivity index (χ3v) is 4.23. The monoisotopic (exact) mass is 357 g/mol. The summed E-state index contributed by atoms with van der Waals surface area (Å²) in [4.78, 5) is 14.1. The molecule has 0 radical (unpaired) electrons. The van der Waals surface area contributed by atoms with Crippen molar-refractivity contribution in [1.29, 1.82) is 0 Å². The molecule has 0 aliphatic carbocycles. The summed E-state index contributed by atoms with van der Waals surface area (Å²) in [7, 11) is 0. The average molecular weight is 358 g/mol. The van der Waals surface area contributed by atoms with Crippen LogP contribution >= 0.6 is 15.9 Å². The maximum absolute atomic E-state index is 12.3. The minimum atomic E-state index is 0.0378. The lowest BCUT2D eigenvalue weighted by Gasteiger charge is -2.26. The first-order valence-electron chi connectivity index (χ1n) is 7.25. The van der Waals surface area contributed by atoms with E-state index in [-0.39, 0.29) is 5.91 Å². The lowest BCUT2D eigenvalue weighted by Crippen LogP contribution is -2.27. The van der Waals surface area contributed by atoms with E-state index >= 15 is 0 Å². The third kappa shape index (κ3) is 3.86. The Morgan fingerprint density at radius 2 is 1.55 bits per heavy atom. The Balaban J connectivity index is 2.44. The van der Waals surface area contributed by atoms with Crippen molar-refractivity contribution in [2.24, 2.45) is 0 Å². The highest BCUT2D eigenvalue weighted by Gasteiger charge is 2.18. The average Bonchev–Trinajstić information content (AvgIpc) is 2.49. The third-order valence-electron chi connectivity index (χ3n) is 3.46. The Kier molecular flexibility index (Phi) is 5.56. The maximum Gasteiger partial charge on any atom is 0.224 e. The van der Waals surface area contributed by atoms with Gasteiger partial charge >= 0.3 is 0 Å². The Labute approximate surface area is 140 Å². The van der Waals surface area contributed by atoms with Crippen molar-refractivity contribution in [3.05, 3.63) is 75.8 Å². The van der Waals surface area contributed by atoms with Crippen molar-refractivity contribution in [2.45, 2.75) is 27.3 Å². The van der Waals surface area contributed by atoms with Gasteiger partial charge in [0.05, 0.1) is 6.54 Å². The van der Waals surface area contributed by atoms with Crippen molar-refractivity contribution < 1.29 is 4.79 Å². The highest BCUT2D eigenvalue weighted by molar-refractivity contribution is 9.10. The Morgan fingerprint density at radius 1 is 0.955 bits per heavy atom. The Morgan fingerprint density at radius 3 is 2.09 bits per heavy atom. The molecule has 0 fully saturated rings. The molecular formula is C19H20BrNO. The SMILES string of the molecule is CC(=O)N(Cc1ccccc1Br)C(=C(C)C)c1ccccc1. The molecule has 2 rings (SSSR count). The first kappa shape index (κ1) is 16.5. The van der Waals surface area contributed by atoms with Crippen LogP contribution in [-0.2, 0) is 11.3 Å². The summed E-state index contributed by atoms with van der Waals surface area (Å²) in [6, 6.07) is 18.1. The van der Waals surface area contributed by atoms with E-state index in [1.54, 1.807) is 6.92 Å². The molecule has 0 atom stereocenters. The van der Waals surface area contributed by atoms with Crippen LogP contribution in [0.5, 0.6) is 0 Å². The molecule has 2 nitrogen and oxygen atoms in total. The van der Waals surface area contributed by atoms with E-state index in [9.17, 15) is 4.79 Å². The summed E-state index contributed by atoms with van der Waals surface area (Å²) >= 11 is 3.56. The normalized spacial score (nSPS) is 10.2. The van der Waals surface area contributed by atoms with Gasteiger partial charge in [-0.1, -0.05) is 70.0 Å². The van der Waals surface area contributed by atoms with Gasteiger partial charge in [-0.3, -0.25) is 4.79 Å². The molecule has 114 valence electrons. The molecule has 0 bridgehead atoms. The number of carbonyl (C=O) groups is 1. The van der Waals surface area contributed by atoms with Crippen LogP contribution in [0.25, 0.3) is 5.70 Å². The van der Waals surface area contributed by atoms with E-state index in [2.05, 4.69) is 15.9 Å². The smallest absolute Gasteiger partial charge is 0.224 e. The lowest BCUT2D eigenvalue weighted by atomic mass is 10.1. The van der Waals surface area contributed by atoms with Gasteiger partial charge in [-0.15, -0.1) is 0 Å². The minimum Gasteiger partial charge on any atom is -0.308 e. The number of halogens is 1. The topological polar surface area (TPSA) is 20.3 Å². The molecule has 0 aliphatic heterocycles. The van der Waals surface area contributed by atoms with Crippen molar-refractivity contribution in [1.82, 2.24) is 4.90 Å². The largest absolute Gasteiger partial charge is 0.308 e. The van der Waals surface area contributed by atoms with Crippen LogP contribution in [0.3, 0.4) is 0 Å². The van der Waals surface area contributed by atoms with Gasteiger partial charge in [0.15, 0.2) is 0 Å². The molecule has 22 heavy (non-hydrogen) atoms. The molecule has 2 aromatic carbocycles. The number of allylic oxidation sites excluding steroid dienone is 1. The van der Waals surface area contributed by atoms with Crippen molar-refractivity contribution >= 4 is 27.5 Å². The Hall–Kier alpha value is -1.87. The van der Waals surface area contributed by atoms with Crippen molar-refractivity contribution in [2.75, 3.05) is 0 Å². The van der Waals surface area contributed by atoms with Gasteiger partial charge in [0.25, 0.3) is 0 Å². The van der Waals surface area contributed by atoms with E-state index in [0.717, 1.165) is 26.9 Å². The standard InChI is InChI=1S/C19H20BrNO/c1-14(2)19(16-9-5-4-6-10-16)21(15(3)22)13-17-11-7-8-12-18(17)20/h4-12H,13H2,1-3H3. The number of benzene rings is 2. The van der Waals surface area contributed by atoms with Crippen LogP contribution in [0.4, 0.5) is 0 Å². The lowest BCUT2D eigenvalue weighted by molar-refractivity contribution is -0.126. The summed E-state index contributed by atoms with van der Waals surface area (Å²) in [5.41, 5.74) is 4.24. The number of carbonyl (C=O) groups excluding carboxylic acids is 1. The Bertz CT molecular complexity index is 688. The fraction of sp³-hybridized carbons (Fsp3) is 0.211. The molecule has 0 saturated carbocycles. The van der Waals surface area contributed by atoms with Crippen LogP contribution < -0.4 is 0 Å². The minimum absolute atomic E-state index is 0.0378. The second kappa shape index (κ2) is 7.41. The van der Waals surface area contributed by atoms with Gasteiger partial charge in [-0.25, -0.2) is 0 Å². The zero-order chi connectivity index (χ0) is 16.1. The van der Waals surface area contributed by atoms with Gasteiger partial charge in [0, 0.05) is 17.1 Å². The molecule has 0 unspecified atom stereocenters. The van der Waals surface area contributed by atoms with E-state index in [1.807, 2.05) is 73.3 Å². The van der Waals surface area contributed by atoms with E-state index in [1.165, 1.54) is 0 Å². The highest BCUT2D eigenvalue weighted by Crippen LogP contribution is 2.27. The molecule has 0 aliphatic rings. The molecule has 1 amide bonds. The number of hydrogen-bond acceptors (Lipinski definition) is 1. The predicted octanol–water partition coefficient (Wildman–Crippen LogP) is 5.25. The fourth-order valence-corrected chi connectivity index (χ4v) is 2.87. The second-order valence-corrected chi connectivity index (χ2v) is 6.27. The molecule has 2 aromatic rings. The van der Waals surface area contributed by atoms with Crippen LogP contribution in [-0.4, -0.2) is 10.8 Å². The number of rotatable bonds is 4. The van der Waals surface area contributed by atoms with Gasteiger partial charge in [0.2, 0.25) is 5.91 Å². The summed E-state index contributed by atoms with van der Waals surface area (Å²) < 4.78 is 1.02. The first-order chi connectivity index (χ1) is 10.5. The predicted molar refractivity (Wildman–Crippen MR) is 95.1 cm³/mol. The molecule has 3 heteroatoms. The van der Waals surface area contributed by atoms with E-state index in [4.69, 9.17) is 0 Å². The quantitative estimate of drug-likeness (QED) is 0.731. The maximum atomic E-state index is 12.3. The van der Waals surface area contributed by atoms with E-state index < -0.39 is 0 Å². The van der Waals surface area contributed by atoms with Gasteiger partial charge < -0.3 is 4.90 Å². The summed E-state index contributed by atoms with van der Waals surface area (Å²) in [5, 5.41) is 0. The number of amides is 1. The van der Waals surface area contributed by atoms with Crippen LogP contribution in [0.15, 0.2) is 64.6 Å². The van der Waals surface area contributed by atoms with Gasteiger partial charge in [-0.2, -0.15) is 0 Å². The molecule has 0 saturated heterocycles. The summed E-state index contributed by atoms with van der Waals surface area (Å²) in [6.45, 7) is 6.24. The first-order valence-corrected chi connectivity index (χ1v) is 8.04. The van der Waals surface area contributed by atoms with Crippen LogP contribution in [0, 0.1) is 0 Å². The van der Waals surface area contributed by atoms with E-state index in [0.29, 0.717) is 6.54 Å². The highest BCUT2D eigenvalue weighted by atomic mass is 79.9. The van der Waals surface area contributed by atoms with Crippen LogP contribution in [0.2, 0.25) is 0 Å². The molecule has 0 N–H and O–H groups in total. The number of hydrogen-bond donors (Lipinski definition) is 0. The van der Waals surface area contributed by atoms with Gasteiger partial charge in [-0.05, 0) is 31.0 Å².